The van der Waals surface area contributed by atoms with Crippen LogP contribution in [0.4, 0.5) is 5.69 Å². The van der Waals surface area contributed by atoms with Gasteiger partial charge in [0.1, 0.15) is 0 Å². The molecule has 0 unspecified atom stereocenters. The smallest absolute Gasteiger partial charge is 0.198 e. The summed E-state index contributed by atoms with van der Waals surface area (Å²) >= 11 is 7.89. The molecule has 0 spiro atoms. The molecule has 0 amide bonds. The van der Waals surface area contributed by atoms with E-state index in [1.54, 1.807) is 11.3 Å². The van der Waals surface area contributed by atoms with Crippen molar-refractivity contribution in [2.45, 2.75) is 13.8 Å². The summed E-state index contributed by atoms with van der Waals surface area (Å²) in [7, 11) is 0. The van der Waals surface area contributed by atoms with E-state index in [1.807, 2.05) is 37.3 Å². The van der Waals surface area contributed by atoms with E-state index < -0.39 is 0 Å². The highest BCUT2D eigenvalue weighted by molar-refractivity contribution is 7.25. The Morgan fingerprint density at radius 3 is 2.67 bits per heavy atom. The summed E-state index contributed by atoms with van der Waals surface area (Å²) in [5, 5.41) is 14.5. The van der Waals surface area contributed by atoms with E-state index in [1.165, 1.54) is 0 Å². The van der Waals surface area contributed by atoms with Crippen LogP contribution in [-0.4, -0.2) is 42.8 Å². The first kappa shape index (κ1) is 21.9. The summed E-state index contributed by atoms with van der Waals surface area (Å²) in [6.07, 6.45) is 0. The number of likely N-dealkylation sites (N-methyl/N-ethyl adjacent to an activating group) is 1. The van der Waals surface area contributed by atoms with Gasteiger partial charge in [0, 0.05) is 35.4 Å². The molecule has 0 radical (unpaired) electrons. The van der Waals surface area contributed by atoms with E-state index in [9.17, 15) is 4.79 Å². The summed E-state index contributed by atoms with van der Waals surface area (Å²) in [4.78, 5) is 15.3. The average molecular weight is 427 g/mol. The fourth-order valence-electron chi connectivity index (χ4n) is 3.14. The van der Waals surface area contributed by atoms with E-state index in [-0.39, 0.29) is 24.4 Å². The number of aliphatic hydroxyl groups excluding tert-OH is 1. The lowest BCUT2D eigenvalue weighted by molar-refractivity contribution is 0.206. The zero-order valence-electron chi connectivity index (χ0n) is 15.4. The monoisotopic (exact) mass is 426 g/mol. The highest BCUT2D eigenvalue weighted by Gasteiger charge is 2.13. The Bertz CT molecular complexity index is 991. The van der Waals surface area contributed by atoms with Crippen molar-refractivity contribution in [3.05, 3.63) is 51.1 Å². The van der Waals surface area contributed by atoms with Gasteiger partial charge in [-0.05, 0) is 37.2 Å². The first-order chi connectivity index (χ1) is 12.6. The van der Waals surface area contributed by atoms with Gasteiger partial charge in [0.05, 0.1) is 21.7 Å². The largest absolute Gasteiger partial charge is 0.395 e. The lowest BCUT2D eigenvalue weighted by atomic mass is 10.1. The van der Waals surface area contributed by atoms with Gasteiger partial charge in [0.2, 0.25) is 0 Å². The molecule has 0 aliphatic rings. The van der Waals surface area contributed by atoms with E-state index in [0.717, 1.165) is 39.1 Å². The number of rotatable bonds is 7. The number of hydrogen-bond acceptors (Lipinski definition) is 5. The Morgan fingerprint density at radius 2 is 1.96 bits per heavy atom. The molecule has 0 fully saturated rings. The molecule has 0 aliphatic carbocycles. The second-order valence-electron chi connectivity index (χ2n) is 6.27. The summed E-state index contributed by atoms with van der Waals surface area (Å²) in [6.45, 7) is 7.31. The van der Waals surface area contributed by atoms with Crippen molar-refractivity contribution in [1.82, 2.24) is 4.90 Å². The third kappa shape index (κ3) is 4.55. The van der Waals surface area contributed by atoms with Crippen molar-refractivity contribution in [2.75, 3.05) is 38.1 Å². The third-order valence-corrected chi connectivity index (χ3v) is 6.41. The highest BCUT2D eigenvalue weighted by atomic mass is 35.5. The van der Waals surface area contributed by atoms with E-state index in [4.69, 9.17) is 16.7 Å². The number of halogens is 2. The lowest BCUT2D eigenvalue weighted by Gasteiger charge is -2.20. The van der Waals surface area contributed by atoms with E-state index in [0.29, 0.717) is 23.5 Å². The average Bonchev–Trinajstić information content (AvgIpc) is 2.64. The topological polar surface area (TPSA) is 52.6 Å². The van der Waals surface area contributed by atoms with Crippen LogP contribution in [0.2, 0.25) is 5.02 Å². The number of nitrogens with zero attached hydrogens (tertiary/aromatic N) is 1. The molecule has 0 atom stereocenters. The second kappa shape index (κ2) is 9.71. The van der Waals surface area contributed by atoms with Crippen molar-refractivity contribution in [3.63, 3.8) is 0 Å². The minimum Gasteiger partial charge on any atom is -0.395 e. The summed E-state index contributed by atoms with van der Waals surface area (Å²) in [6, 6.07) is 9.50. The summed E-state index contributed by atoms with van der Waals surface area (Å²) in [5.41, 5.74) is 1.95. The van der Waals surface area contributed by atoms with Gasteiger partial charge < -0.3 is 10.4 Å². The van der Waals surface area contributed by atoms with Crippen molar-refractivity contribution in [1.29, 1.82) is 0 Å². The molecule has 4 nitrogen and oxygen atoms in total. The van der Waals surface area contributed by atoms with Crippen LogP contribution in [0.25, 0.3) is 20.2 Å². The van der Waals surface area contributed by atoms with E-state index >= 15 is 0 Å². The van der Waals surface area contributed by atoms with Crippen molar-refractivity contribution in [2.24, 2.45) is 0 Å². The van der Waals surface area contributed by atoms with Crippen LogP contribution in [0.15, 0.2) is 35.1 Å². The number of benzene rings is 2. The molecule has 27 heavy (non-hydrogen) atoms. The molecular formula is C20H24Cl2N2O2S. The molecule has 2 N–H and O–H groups in total. The number of nitrogens with one attached hydrogen (secondary N) is 1. The van der Waals surface area contributed by atoms with Gasteiger partial charge in [-0.2, -0.15) is 0 Å². The van der Waals surface area contributed by atoms with Gasteiger partial charge in [-0.1, -0.05) is 30.7 Å². The minimum absolute atomic E-state index is 0. The first-order valence-corrected chi connectivity index (χ1v) is 9.98. The normalized spacial score (nSPS) is 11.1. The molecule has 3 rings (SSSR count). The van der Waals surface area contributed by atoms with Crippen molar-refractivity contribution < 1.29 is 5.11 Å². The lowest BCUT2D eigenvalue weighted by Crippen LogP contribution is -2.31. The molecule has 1 aromatic heterocycles. The zero-order chi connectivity index (χ0) is 18.7. The minimum atomic E-state index is 0. The van der Waals surface area contributed by atoms with Crippen LogP contribution in [0.1, 0.15) is 12.5 Å². The van der Waals surface area contributed by atoms with Crippen LogP contribution in [0.5, 0.6) is 0 Å². The number of hydrogen-bond donors (Lipinski definition) is 2. The molecule has 3 aromatic rings. The van der Waals surface area contributed by atoms with Crippen LogP contribution in [-0.2, 0) is 0 Å². The predicted molar refractivity (Wildman–Crippen MR) is 120 cm³/mol. The van der Waals surface area contributed by atoms with Gasteiger partial charge in [-0.3, -0.25) is 9.69 Å². The Labute approximate surface area is 174 Å². The van der Waals surface area contributed by atoms with Crippen LogP contribution in [0, 0.1) is 6.92 Å². The number of anilines is 1. The molecule has 0 saturated heterocycles. The van der Waals surface area contributed by atoms with Crippen molar-refractivity contribution in [3.8, 4) is 0 Å². The molecule has 1 heterocycles. The molecule has 2 aromatic carbocycles. The molecule has 0 bridgehead atoms. The van der Waals surface area contributed by atoms with Crippen LogP contribution >= 0.6 is 35.3 Å². The SMILES string of the molecule is CCN(CCO)CCNc1ccc(C)c2sc3c(Cl)cccc3c(=O)c12.Cl. The number of aliphatic hydroxyl groups is 1. The maximum absolute atomic E-state index is 13.1. The molecule has 0 saturated carbocycles. The summed E-state index contributed by atoms with van der Waals surface area (Å²) < 4.78 is 1.82. The third-order valence-electron chi connectivity index (χ3n) is 4.60. The quantitative estimate of drug-likeness (QED) is 0.545. The molecule has 0 aliphatic heterocycles. The second-order valence-corrected chi connectivity index (χ2v) is 7.69. The fourth-order valence-corrected chi connectivity index (χ4v) is 4.60. The number of aryl methyl sites for hydroxylation is 1. The van der Waals surface area contributed by atoms with Gasteiger partial charge in [0.15, 0.2) is 5.43 Å². The van der Waals surface area contributed by atoms with Gasteiger partial charge in [0.25, 0.3) is 0 Å². The number of fused-ring (bicyclic) bond motifs is 2. The Kier molecular flexibility index (Phi) is 7.89. The van der Waals surface area contributed by atoms with Crippen molar-refractivity contribution >= 4 is 61.2 Å². The first-order valence-electron chi connectivity index (χ1n) is 8.78. The van der Waals surface area contributed by atoms with Gasteiger partial charge in [-0.25, -0.2) is 0 Å². The molecular weight excluding hydrogens is 403 g/mol. The maximum atomic E-state index is 13.1. The summed E-state index contributed by atoms with van der Waals surface area (Å²) in [5.74, 6) is 0. The van der Waals surface area contributed by atoms with E-state index in [2.05, 4.69) is 17.1 Å². The highest BCUT2D eigenvalue weighted by Crippen LogP contribution is 2.34. The van der Waals surface area contributed by atoms with Gasteiger partial charge in [-0.15, -0.1) is 23.7 Å². The van der Waals surface area contributed by atoms with Crippen LogP contribution in [0.3, 0.4) is 0 Å². The fraction of sp³-hybridized carbons (Fsp3) is 0.350. The Hall–Kier alpha value is -1.37. The molecule has 146 valence electrons. The van der Waals surface area contributed by atoms with Crippen LogP contribution < -0.4 is 10.7 Å². The maximum Gasteiger partial charge on any atom is 0.198 e. The Balaban J connectivity index is 0.00000261. The predicted octanol–water partition coefficient (Wildman–Crippen LogP) is 4.52. The zero-order valence-corrected chi connectivity index (χ0v) is 17.8. The Morgan fingerprint density at radius 1 is 1.19 bits per heavy atom. The van der Waals surface area contributed by atoms with Gasteiger partial charge >= 0.3 is 0 Å². The molecule has 7 heteroatoms. The standard InChI is InChI=1S/C20H23ClN2O2S.ClH/c1-3-23(11-12-24)10-9-22-16-8-7-13(2)19-17(16)18(25)14-5-4-6-15(21)20(14)26-19;/h4-8,22,24H,3,9-12H2,1-2H3;1H.